The smallest absolute Gasteiger partial charge is 0.253 e. The number of aryl methyl sites for hydroxylation is 1. The number of rotatable bonds is 8. The van der Waals surface area contributed by atoms with Crippen LogP contribution in [0.3, 0.4) is 0 Å². The van der Waals surface area contributed by atoms with Crippen LogP contribution in [0.2, 0.25) is 0 Å². The Labute approximate surface area is 172 Å². The van der Waals surface area contributed by atoms with E-state index in [1.807, 2.05) is 60.3 Å². The molecule has 0 aliphatic heterocycles. The summed E-state index contributed by atoms with van der Waals surface area (Å²) < 4.78 is 7.76. The first-order valence-corrected chi connectivity index (χ1v) is 10.1. The zero-order valence-electron chi connectivity index (χ0n) is 17.6. The molecule has 0 atom stereocenters. The number of aromatic nitrogens is 2. The van der Waals surface area contributed by atoms with E-state index in [0.29, 0.717) is 24.6 Å². The Morgan fingerprint density at radius 1 is 1.14 bits per heavy atom. The first-order valence-electron chi connectivity index (χ1n) is 10.1. The molecule has 1 aromatic heterocycles. The number of hydrogen-bond acceptors (Lipinski definition) is 3. The van der Waals surface area contributed by atoms with Gasteiger partial charge >= 0.3 is 0 Å². The van der Waals surface area contributed by atoms with E-state index in [2.05, 4.69) is 31.1 Å². The molecule has 3 aromatic rings. The van der Waals surface area contributed by atoms with Crippen LogP contribution >= 0.6 is 0 Å². The van der Waals surface area contributed by atoms with Crippen molar-refractivity contribution >= 4 is 5.91 Å². The van der Waals surface area contributed by atoms with Crippen molar-refractivity contribution in [3.05, 3.63) is 83.2 Å². The van der Waals surface area contributed by atoms with E-state index in [9.17, 15) is 4.79 Å². The molecule has 0 unspecified atom stereocenters. The average Bonchev–Trinajstić information content (AvgIpc) is 3.19. The van der Waals surface area contributed by atoms with Crippen LogP contribution in [0.1, 0.15) is 53.9 Å². The number of nitrogens with zero attached hydrogens (tertiary/aromatic N) is 3. The molecule has 0 saturated carbocycles. The monoisotopic (exact) mass is 391 g/mol. The molecule has 3 rings (SSSR count). The number of ether oxygens (including phenoxy) is 1. The first-order chi connectivity index (χ1) is 14.0. The summed E-state index contributed by atoms with van der Waals surface area (Å²) in [7, 11) is 1.80. The second-order valence-corrected chi connectivity index (χ2v) is 7.54. The van der Waals surface area contributed by atoms with Crippen LogP contribution in [0.25, 0.3) is 0 Å². The van der Waals surface area contributed by atoms with E-state index in [0.717, 1.165) is 23.6 Å². The van der Waals surface area contributed by atoms with Crippen LogP contribution in [-0.2, 0) is 19.7 Å². The fraction of sp³-hybridized carbons (Fsp3) is 0.333. The standard InChI is InChI=1S/C24H29N3O2/c1-5-27-14-13-22(25-27)16-26(4)24(28)21-8-6-7-19(15-21)17-29-23-11-9-20(10-12-23)18(2)3/h6-15,18H,5,16-17H2,1-4H3. The lowest BCUT2D eigenvalue weighted by Crippen LogP contribution is -2.26. The van der Waals surface area contributed by atoms with E-state index < -0.39 is 0 Å². The molecule has 5 nitrogen and oxygen atoms in total. The van der Waals surface area contributed by atoms with Crippen molar-refractivity contribution in [1.82, 2.24) is 14.7 Å². The van der Waals surface area contributed by atoms with Crippen LogP contribution < -0.4 is 4.74 Å². The predicted molar refractivity (Wildman–Crippen MR) is 115 cm³/mol. The van der Waals surface area contributed by atoms with Crippen molar-refractivity contribution in [2.24, 2.45) is 0 Å². The summed E-state index contributed by atoms with van der Waals surface area (Å²) in [5, 5.41) is 4.45. The minimum Gasteiger partial charge on any atom is -0.489 e. The van der Waals surface area contributed by atoms with Gasteiger partial charge in [0.25, 0.3) is 5.91 Å². The SMILES string of the molecule is CCn1ccc(CN(C)C(=O)c2cccc(COc3ccc(C(C)C)cc3)c2)n1. The second kappa shape index (κ2) is 9.41. The molecule has 0 aliphatic carbocycles. The lowest BCUT2D eigenvalue weighted by molar-refractivity contribution is 0.0783. The van der Waals surface area contributed by atoms with Gasteiger partial charge < -0.3 is 9.64 Å². The van der Waals surface area contributed by atoms with E-state index in [1.165, 1.54) is 5.56 Å². The summed E-state index contributed by atoms with van der Waals surface area (Å²) in [6, 6.07) is 17.7. The molecule has 1 heterocycles. The summed E-state index contributed by atoms with van der Waals surface area (Å²) in [6.45, 7) is 8.11. The van der Waals surface area contributed by atoms with Crippen molar-refractivity contribution < 1.29 is 9.53 Å². The second-order valence-electron chi connectivity index (χ2n) is 7.54. The van der Waals surface area contributed by atoms with Crippen LogP contribution in [0.15, 0.2) is 60.8 Å². The number of amides is 1. The summed E-state index contributed by atoms with van der Waals surface area (Å²) in [6.07, 6.45) is 1.93. The van der Waals surface area contributed by atoms with Gasteiger partial charge in [-0.1, -0.05) is 38.1 Å². The highest BCUT2D eigenvalue weighted by Gasteiger charge is 2.14. The van der Waals surface area contributed by atoms with Crippen molar-refractivity contribution in [3.63, 3.8) is 0 Å². The molecule has 152 valence electrons. The van der Waals surface area contributed by atoms with E-state index in [4.69, 9.17) is 4.74 Å². The predicted octanol–water partition coefficient (Wildman–Crippen LogP) is 4.88. The lowest BCUT2D eigenvalue weighted by Gasteiger charge is -2.16. The maximum atomic E-state index is 12.8. The van der Waals surface area contributed by atoms with E-state index >= 15 is 0 Å². The van der Waals surface area contributed by atoms with Crippen molar-refractivity contribution in [2.45, 2.75) is 46.4 Å². The van der Waals surface area contributed by atoms with E-state index in [1.54, 1.807) is 11.9 Å². The van der Waals surface area contributed by atoms with Gasteiger partial charge in [-0.15, -0.1) is 0 Å². The van der Waals surface area contributed by atoms with Crippen molar-refractivity contribution in [3.8, 4) is 5.75 Å². The molecule has 29 heavy (non-hydrogen) atoms. The average molecular weight is 392 g/mol. The third-order valence-corrected chi connectivity index (χ3v) is 4.89. The number of carbonyl (C=O) groups is 1. The Morgan fingerprint density at radius 3 is 2.55 bits per heavy atom. The van der Waals surface area contributed by atoms with Crippen LogP contribution in [0.4, 0.5) is 0 Å². The Hall–Kier alpha value is -3.08. The van der Waals surface area contributed by atoms with Crippen molar-refractivity contribution in [2.75, 3.05) is 7.05 Å². The molecule has 0 N–H and O–H groups in total. The summed E-state index contributed by atoms with van der Waals surface area (Å²) >= 11 is 0. The third kappa shape index (κ3) is 5.47. The molecule has 0 radical (unpaired) electrons. The van der Waals surface area contributed by atoms with Crippen LogP contribution in [-0.4, -0.2) is 27.6 Å². The molecule has 0 fully saturated rings. The van der Waals surface area contributed by atoms with Crippen LogP contribution in [0, 0.1) is 0 Å². The number of hydrogen-bond donors (Lipinski definition) is 0. The van der Waals surface area contributed by atoms with Gasteiger partial charge in [-0.3, -0.25) is 9.48 Å². The normalized spacial score (nSPS) is 10.9. The number of carbonyl (C=O) groups excluding carboxylic acids is 1. The Kier molecular flexibility index (Phi) is 6.70. The Morgan fingerprint density at radius 2 is 1.90 bits per heavy atom. The first kappa shape index (κ1) is 20.6. The van der Waals surface area contributed by atoms with Crippen molar-refractivity contribution in [1.29, 1.82) is 0 Å². The maximum Gasteiger partial charge on any atom is 0.253 e. The summed E-state index contributed by atoms with van der Waals surface area (Å²) in [5.41, 5.74) is 3.79. The zero-order valence-corrected chi connectivity index (χ0v) is 17.6. The summed E-state index contributed by atoms with van der Waals surface area (Å²) in [5.74, 6) is 1.30. The molecular formula is C24H29N3O2. The molecule has 0 aliphatic rings. The highest BCUT2D eigenvalue weighted by molar-refractivity contribution is 5.94. The maximum absolute atomic E-state index is 12.8. The van der Waals surface area contributed by atoms with Crippen LogP contribution in [0.5, 0.6) is 5.75 Å². The molecule has 0 spiro atoms. The molecule has 0 saturated heterocycles. The van der Waals surface area contributed by atoms with E-state index in [-0.39, 0.29) is 5.91 Å². The highest BCUT2D eigenvalue weighted by Crippen LogP contribution is 2.20. The van der Waals surface area contributed by atoms with Gasteiger partial charge in [0.05, 0.1) is 12.2 Å². The lowest BCUT2D eigenvalue weighted by atomic mass is 10.0. The number of benzene rings is 2. The topological polar surface area (TPSA) is 47.4 Å². The molecular weight excluding hydrogens is 362 g/mol. The summed E-state index contributed by atoms with van der Waals surface area (Å²) in [4.78, 5) is 14.5. The molecule has 0 bridgehead atoms. The van der Waals surface area contributed by atoms with Gasteiger partial charge in [-0.25, -0.2) is 0 Å². The Balaban J connectivity index is 1.61. The fourth-order valence-corrected chi connectivity index (χ4v) is 3.11. The quantitative estimate of drug-likeness (QED) is 0.550. The highest BCUT2D eigenvalue weighted by atomic mass is 16.5. The minimum absolute atomic E-state index is 0.0285. The van der Waals surface area contributed by atoms with Gasteiger partial charge in [-0.05, 0) is 54.3 Å². The Bertz CT molecular complexity index is 945. The zero-order chi connectivity index (χ0) is 20.8. The van der Waals surface area contributed by atoms with Gasteiger partial charge in [-0.2, -0.15) is 5.10 Å². The van der Waals surface area contributed by atoms with Gasteiger partial charge in [0.1, 0.15) is 12.4 Å². The third-order valence-electron chi connectivity index (χ3n) is 4.89. The van der Waals surface area contributed by atoms with Gasteiger partial charge in [0, 0.05) is 25.4 Å². The molecule has 1 amide bonds. The van der Waals surface area contributed by atoms with Gasteiger partial charge in [0.2, 0.25) is 0 Å². The fourth-order valence-electron chi connectivity index (χ4n) is 3.11. The van der Waals surface area contributed by atoms with Gasteiger partial charge in [0.15, 0.2) is 0 Å². The molecule has 2 aromatic carbocycles. The minimum atomic E-state index is -0.0285. The largest absolute Gasteiger partial charge is 0.489 e. The molecule has 5 heteroatoms.